The highest BCUT2D eigenvalue weighted by molar-refractivity contribution is 7.56. The maximum Gasteiger partial charge on any atom is 0.310 e. The van der Waals surface area contributed by atoms with Crippen molar-refractivity contribution in [1.82, 2.24) is 0 Å². The van der Waals surface area contributed by atoms with Gasteiger partial charge in [-0.05, 0) is 35.4 Å². The molecule has 0 amide bonds. The first kappa shape index (κ1) is 19.5. The van der Waals surface area contributed by atoms with Crippen LogP contribution in [0.1, 0.15) is 11.1 Å². The molecule has 7 nitrogen and oxygen atoms in total. The molecule has 0 heterocycles. The Labute approximate surface area is 151 Å². The van der Waals surface area contributed by atoms with Crippen LogP contribution < -0.4 is 9.05 Å². The zero-order valence-electron chi connectivity index (χ0n) is 14.5. The highest BCUT2D eigenvalue weighted by Gasteiger charge is 2.17. The molecule has 2 N–H and O–H groups in total. The van der Waals surface area contributed by atoms with Crippen LogP contribution in [0.4, 0.5) is 0 Å². The molecule has 0 atom stereocenters. The van der Waals surface area contributed by atoms with Crippen LogP contribution in [0.5, 0.6) is 11.5 Å². The maximum absolute atomic E-state index is 10.7. The normalized spacial score (nSPS) is 10.8. The molecule has 0 saturated heterocycles. The molecule has 0 bridgehead atoms. The van der Waals surface area contributed by atoms with Crippen molar-refractivity contribution in [1.29, 1.82) is 0 Å². The third kappa shape index (κ3) is 5.93. The van der Waals surface area contributed by atoms with Crippen LogP contribution in [0.3, 0.4) is 0 Å². The number of rotatable bonds is 8. The second kappa shape index (κ2) is 8.54. The van der Waals surface area contributed by atoms with Gasteiger partial charge in [-0.2, -0.15) is 0 Å². The highest BCUT2D eigenvalue weighted by Crippen LogP contribution is 2.47. The van der Waals surface area contributed by atoms with Crippen molar-refractivity contribution in [3.8, 4) is 11.5 Å². The molecule has 2 rings (SSSR count). The SMILES string of the molecule is CN=P(C)(Oc1ccc(CC(=O)O)cc1)Oc1ccc(CC(=O)O)cc1. The van der Waals surface area contributed by atoms with Crippen LogP contribution in [-0.2, 0) is 22.4 Å². The molecule has 0 aliphatic carbocycles. The van der Waals surface area contributed by atoms with E-state index in [1.54, 1.807) is 62.2 Å². The van der Waals surface area contributed by atoms with E-state index in [1.807, 2.05) is 0 Å². The number of benzene rings is 2. The number of hydrogen-bond donors (Lipinski definition) is 2. The van der Waals surface area contributed by atoms with E-state index in [2.05, 4.69) is 4.74 Å². The summed E-state index contributed by atoms with van der Waals surface area (Å²) in [6, 6.07) is 13.5. The minimum atomic E-state index is -2.59. The average molecular weight is 377 g/mol. The Morgan fingerprint density at radius 1 is 0.846 bits per heavy atom. The summed E-state index contributed by atoms with van der Waals surface area (Å²) in [5, 5.41) is 17.6. The summed E-state index contributed by atoms with van der Waals surface area (Å²) in [6.07, 6.45) is -0.103. The van der Waals surface area contributed by atoms with Crippen molar-refractivity contribution in [3.05, 3.63) is 59.7 Å². The molecule has 8 heteroatoms. The predicted molar refractivity (Wildman–Crippen MR) is 98.0 cm³/mol. The Hall–Kier alpha value is -2.79. The van der Waals surface area contributed by atoms with Crippen molar-refractivity contribution in [3.63, 3.8) is 0 Å². The maximum atomic E-state index is 10.7. The van der Waals surface area contributed by atoms with Gasteiger partial charge >= 0.3 is 19.4 Å². The van der Waals surface area contributed by atoms with Gasteiger partial charge in [-0.3, -0.25) is 9.59 Å². The summed E-state index contributed by atoms with van der Waals surface area (Å²) in [5.41, 5.74) is 1.35. The van der Waals surface area contributed by atoms with Crippen molar-refractivity contribution < 1.29 is 28.8 Å². The highest BCUT2D eigenvalue weighted by atomic mass is 31.2. The zero-order valence-corrected chi connectivity index (χ0v) is 15.3. The third-order valence-electron chi connectivity index (χ3n) is 3.47. The fraction of sp³-hybridized carbons (Fsp3) is 0.222. The van der Waals surface area contributed by atoms with E-state index in [4.69, 9.17) is 19.3 Å². The van der Waals surface area contributed by atoms with Gasteiger partial charge in [0, 0.05) is 13.7 Å². The van der Waals surface area contributed by atoms with E-state index >= 15 is 0 Å². The molecule has 0 spiro atoms. The van der Waals surface area contributed by atoms with Crippen molar-refractivity contribution in [2.24, 2.45) is 4.74 Å². The Bertz CT molecular complexity index is 764. The fourth-order valence-corrected chi connectivity index (χ4v) is 3.40. The standard InChI is InChI=1S/C18H20NO6P/c1-19-26(2,24-15-7-3-13(4-8-15)11-17(20)21)25-16-9-5-14(6-10-16)12-18(22)23/h3-10H,11-12H2,1-2H3,(H,20,21)(H,22,23). The minimum Gasteiger partial charge on any atom is -0.481 e. The van der Waals surface area contributed by atoms with Crippen LogP contribution >= 0.6 is 7.51 Å². The van der Waals surface area contributed by atoms with Gasteiger partial charge in [0.15, 0.2) is 0 Å². The molecular weight excluding hydrogens is 357 g/mol. The lowest BCUT2D eigenvalue weighted by atomic mass is 10.1. The Morgan fingerprint density at radius 3 is 1.46 bits per heavy atom. The Morgan fingerprint density at radius 2 is 1.19 bits per heavy atom. The molecule has 26 heavy (non-hydrogen) atoms. The molecule has 0 aliphatic heterocycles. The van der Waals surface area contributed by atoms with E-state index in [9.17, 15) is 9.59 Å². The third-order valence-corrected chi connectivity index (χ3v) is 5.30. The molecule has 2 aromatic rings. The summed E-state index contributed by atoms with van der Waals surface area (Å²) in [5.74, 6) is -0.727. The quantitative estimate of drug-likeness (QED) is 0.680. The van der Waals surface area contributed by atoms with Crippen molar-refractivity contribution >= 4 is 19.4 Å². The average Bonchev–Trinajstić information content (AvgIpc) is 2.57. The summed E-state index contributed by atoms with van der Waals surface area (Å²) < 4.78 is 16.0. The number of hydrogen-bond acceptors (Lipinski definition) is 5. The smallest absolute Gasteiger partial charge is 0.310 e. The first-order valence-electron chi connectivity index (χ1n) is 7.78. The number of carboxylic acid groups (broad SMARTS) is 2. The molecule has 0 aromatic heterocycles. The van der Waals surface area contributed by atoms with Crippen molar-refractivity contribution in [2.75, 3.05) is 13.7 Å². The molecule has 0 fully saturated rings. The van der Waals surface area contributed by atoms with Gasteiger partial charge in [-0.25, -0.2) is 4.74 Å². The first-order chi connectivity index (χ1) is 12.3. The largest absolute Gasteiger partial charge is 0.481 e. The summed E-state index contributed by atoms with van der Waals surface area (Å²) in [6.45, 7) is 1.75. The summed E-state index contributed by atoms with van der Waals surface area (Å²) >= 11 is 0. The molecule has 0 unspecified atom stereocenters. The van der Waals surface area contributed by atoms with E-state index in [0.717, 1.165) is 0 Å². The minimum absolute atomic E-state index is 0.0516. The van der Waals surface area contributed by atoms with E-state index < -0.39 is 19.4 Å². The lowest BCUT2D eigenvalue weighted by molar-refractivity contribution is -0.137. The summed E-state index contributed by atoms with van der Waals surface area (Å²) in [4.78, 5) is 21.4. The molecule has 0 saturated carbocycles. The van der Waals surface area contributed by atoms with Gasteiger partial charge in [0.25, 0.3) is 0 Å². The molecule has 0 radical (unpaired) electrons. The number of aliphatic carboxylic acids is 2. The lowest BCUT2D eigenvalue weighted by Gasteiger charge is -2.21. The van der Waals surface area contributed by atoms with Gasteiger partial charge in [0.1, 0.15) is 11.5 Å². The Kier molecular flexibility index (Phi) is 6.41. The van der Waals surface area contributed by atoms with Gasteiger partial charge in [-0.1, -0.05) is 24.3 Å². The predicted octanol–water partition coefficient (Wildman–Crippen LogP) is 3.69. The van der Waals surface area contributed by atoms with Crippen molar-refractivity contribution in [2.45, 2.75) is 12.8 Å². The Balaban J connectivity index is 2.08. The molecule has 138 valence electrons. The zero-order chi connectivity index (χ0) is 19.2. The molecule has 0 aliphatic rings. The first-order valence-corrected chi connectivity index (χ1v) is 9.80. The summed E-state index contributed by atoms with van der Waals surface area (Å²) in [7, 11) is -0.984. The van der Waals surface area contributed by atoms with Gasteiger partial charge in [-0.15, -0.1) is 0 Å². The van der Waals surface area contributed by atoms with E-state index in [0.29, 0.717) is 22.6 Å². The van der Waals surface area contributed by atoms with Crippen LogP contribution in [0.15, 0.2) is 53.3 Å². The van der Waals surface area contributed by atoms with Crippen LogP contribution in [-0.4, -0.2) is 35.9 Å². The second-order valence-corrected chi connectivity index (χ2v) is 7.99. The number of carbonyl (C=O) groups is 2. The van der Waals surface area contributed by atoms with Crippen LogP contribution in [0.25, 0.3) is 0 Å². The molecular formula is C18H20NO6P. The van der Waals surface area contributed by atoms with Gasteiger partial charge in [0.05, 0.1) is 12.8 Å². The number of nitrogens with zero attached hydrogens (tertiary/aromatic N) is 1. The second-order valence-electron chi connectivity index (χ2n) is 5.61. The van der Waals surface area contributed by atoms with Crippen LogP contribution in [0, 0.1) is 0 Å². The van der Waals surface area contributed by atoms with Crippen LogP contribution in [0.2, 0.25) is 0 Å². The van der Waals surface area contributed by atoms with E-state index in [-0.39, 0.29) is 12.8 Å². The number of carboxylic acids is 2. The topological polar surface area (TPSA) is 105 Å². The van der Waals surface area contributed by atoms with Gasteiger partial charge < -0.3 is 19.3 Å². The van der Waals surface area contributed by atoms with E-state index in [1.165, 1.54) is 0 Å². The van der Waals surface area contributed by atoms with Gasteiger partial charge in [0.2, 0.25) is 0 Å². The lowest BCUT2D eigenvalue weighted by Crippen LogP contribution is -2.02. The fourth-order valence-electron chi connectivity index (χ4n) is 2.18. The monoisotopic (exact) mass is 377 g/mol. The molecule has 2 aromatic carbocycles.